The van der Waals surface area contributed by atoms with E-state index >= 15 is 0 Å². The molecular formula is C33H33N7O. The van der Waals surface area contributed by atoms with Crippen molar-refractivity contribution in [2.45, 2.75) is 51.6 Å². The van der Waals surface area contributed by atoms with Crippen molar-refractivity contribution < 1.29 is 4.79 Å². The number of nitriles is 1. The molecule has 1 amide bonds. The van der Waals surface area contributed by atoms with E-state index in [1.807, 2.05) is 40.8 Å². The number of amides is 1. The lowest BCUT2D eigenvalue weighted by molar-refractivity contribution is 0.0995. The standard InChI is InChI=1S/C33H33N7O/c1-21-4-3-11-39(17-21)18-23-5-7-25-19-40(33(41)28(25)13-23)31-15-26(14-30(36-31)24-8-9-24)27-10-6-22(16-34)12-29(27)32-37-35-20-38(32)2/h5-7,10,12-15,20-21,24H,3-4,8-9,11,17-19H2,1-2H3/t21-/m0/s1. The van der Waals surface area contributed by atoms with Gasteiger partial charge in [0.05, 0.1) is 18.2 Å². The first kappa shape index (κ1) is 25.6. The molecule has 206 valence electrons. The summed E-state index contributed by atoms with van der Waals surface area (Å²) in [4.78, 5) is 23.2. The van der Waals surface area contributed by atoms with E-state index < -0.39 is 0 Å². The van der Waals surface area contributed by atoms with Crippen molar-refractivity contribution >= 4 is 11.7 Å². The Morgan fingerprint density at radius 2 is 1.90 bits per heavy atom. The number of benzene rings is 2. The van der Waals surface area contributed by atoms with Crippen molar-refractivity contribution in [3.8, 4) is 28.6 Å². The molecule has 2 aromatic heterocycles. The van der Waals surface area contributed by atoms with Gasteiger partial charge < -0.3 is 4.57 Å². The summed E-state index contributed by atoms with van der Waals surface area (Å²) in [5.41, 5.74) is 7.32. The number of hydrogen-bond donors (Lipinski definition) is 0. The molecule has 0 bridgehead atoms. The molecule has 4 heterocycles. The number of anilines is 1. The number of rotatable bonds is 6. The smallest absolute Gasteiger partial charge is 0.260 e. The minimum Gasteiger partial charge on any atom is -0.317 e. The molecule has 0 radical (unpaired) electrons. The van der Waals surface area contributed by atoms with E-state index in [1.54, 1.807) is 6.33 Å². The van der Waals surface area contributed by atoms with Crippen LogP contribution in [0.1, 0.15) is 71.3 Å². The highest BCUT2D eigenvalue weighted by molar-refractivity contribution is 6.10. The summed E-state index contributed by atoms with van der Waals surface area (Å²) >= 11 is 0. The van der Waals surface area contributed by atoms with Crippen LogP contribution in [0.2, 0.25) is 0 Å². The van der Waals surface area contributed by atoms with Gasteiger partial charge in [-0.25, -0.2) is 4.98 Å². The number of aromatic nitrogens is 4. The Hall–Kier alpha value is -4.35. The van der Waals surface area contributed by atoms with Crippen LogP contribution in [-0.4, -0.2) is 43.6 Å². The quantitative estimate of drug-likeness (QED) is 0.311. The normalized spacial score (nSPS) is 18.9. The molecule has 1 saturated heterocycles. The Bertz CT molecular complexity index is 1700. The Morgan fingerprint density at radius 3 is 2.66 bits per heavy atom. The van der Waals surface area contributed by atoms with Gasteiger partial charge in [-0.3, -0.25) is 14.6 Å². The first-order valence-electron chi connectivity index (χ1n) is 14.5. The second-order valence-corrected chi connectivity index (χ2v) is 11.9. The average Bonchev–Trinajstić information content (AvgIpc) is 3.67. The van der Waals surface area contributed by atoms with Crippen molar-refractivity contribution in [3.05, 3.63) is 82.8 Å². The van der Waals surface area contributed by atoms with Gasteiger partial charge in [-0.15, -0.1) is 10.2 Å². The lowest BCUT2D eigenvalue weighted by atomic mass is 9.96. The van der Waals surface area contributed by atoms with Crippen LogP contribution in [0.4, 0.5) is 5.82 Å². The third-order valence-electron chi connectivity index (χ3n) is 8.64. The fourth-order valence-corrected chi connectivity index (χ4v) is 6.32. The van der Waals surface area contributed by atoms with Crippen LogP contribution in [0.25, 0.3) is 22.5 Å². The predicted octanol–water partition coefficient (Wildman–Crippen LogP) is 5.69. The SMILES string of the molecule is C[C@H]1CCCN(Cc2ccc3c(c2)C(=O)N(c2cc(-c4ccc(C#N)cc4-c4nncn4C)cc(C4CC4)n2)C3)C1. The van der Waals surface area contributed by atoms with Crippen LogP contribution < -0.4 is 4.90 Å². The molecule has 2 fully saturated rings. The molecule has 7 rings (SSSR count). The molecule has 2 aliphatic heterocycles. The summed E-state index contributed by atoms with van der Waals surface area (Å²) in [6.45, 7) is 5.95. The molecule has 2 aromatic carbocycles. The van der Waals surface area contributed by atoms with E-state index in [9.17, 15) is 10.1 Å². The zero-order valence-electron chi connectivity index (χ0n) is 23.5. The number of piperidine rings is 1. The van der Waals surface area contributed by atoms with Crippen LogP contribution >= 0.6 is 0 Å². The summed E-state index contributed by atoms with van der Waals surface area (Å²) in [6, 6.07) is 18.4. The van der Waals surface area contributed by atoms with Gasteiger partial charge in [-0.05, 0) is 90.7 Å². The van der Waals surface area contributed by atoms with Gasteiger partial charge in [0.1, 0.15) is 12.1 Å². The maximum Gasteiger partial charge on any atom is 0.260 e. The number of nitrogens with zero attached hydrogens (tertiary/aromatic N) is 7. The fraction of sp³-hybridized carbons (Fsp3) is 0.364. The van der Waals surface area contributed by atoms with E-state index in [0.717, 1.165) is 71.9 Å². The third kappa shape index (κ3) is 4.91. The highest BCUT2D eigenvalue weighted by Crippen LogP contribution is 2.43. The molecular weight excluding hydrogens is 510 g/mol. The van der Waals surface area contributed by atoms with Crippen LogP contribution in [0, 0.1) is 17.2 Å². The van der Waals surface area contributed by atoms with Gasteiger partial charge in [-0.1, -0.05) is 25.1 Å². The van der Waals surface area contributed by atoms with E-state index in [-0.39, 0.29) is 5.91 Å². The zero-order chi connectivity index (χ0) is 28.1. The van der Waals surface area contributed by atoms with Gasteiger partial charge in [0, 0.05) is 42.9 Å². The molecule has 8 nitrogen and oxygen atoms in total. The molecule has 41 heavy (non-hydrogen) atoms. The van der Waals surface area contributed by atoms with Crippen molar-refractivity contribution in [1.82, 2.24) is 24.6 Å². The Morgan fingerprint density at radius 1 is 1.02 bits per heavy atom. The van der Waals surface area contributed by atoms with Gasteiger partial charge >= 0.3 is 0 Å². The second-order valence-electron chi connectivity index (χ2n) is 11.9. The van der Waals surface area contributed by atoms with Crippen LogP contribution in [-0.2, 0) is 20.1 Å². The first-order valence-corrected chi connectivity index (χ1v) is 14.5. The van der Waals surface area contributed by atoms with Crippen molar-refractivity contribution in [2.75, 3.05) is 18.0 Å². The van der Waals surface area contributed by atoms with Crippen molar-refractivity contribution in [1.29, 1.82) is 5.26 Å². The summed E-state index contributed by atoms with van der Waals surface area (Å²) < 4.78 is 1.85. The van der Waals surface area contributed by atoms with Gasteiger partial charge in [0.15, 0.2) is 5.82 Å². The maximum atomic E-state index is 13.8. The number of pyridine rings is 1. The number of fused-ring (bicyclic) bond motifs is 1. The second kappa shape index (κ2) is 10.2. The lowest BCUT2D eigenvalue weighted by Crippen LogP contribution is -2.33. The number of likely N-dealkylation sites (tertiary alicyclic amines) is 1. The van der Waals surface area contributed by atoms with Crippen molar-refractivity contribution in [3.63, 3.8) is 0 Å². The van der Waals surface area contributed by atoms with Crippen molar-refractivity contribution in [2.24, 2.45) is 13.0 Å². The Balaban J connectivity index is 1.24. The van der Waals surface area contributed by atoms with E-state index in [1.165, 1.54) is 18.4 Å². The molecule has 0 unspecified atom stereocenters. The average molecular weight is 544 g/mol. The number of aryl methyl sites for hydroxylation is 1. The van der Waals surface area contributed by atoms with Gasteiger partial charge in [0.2, 0.25) is 0 Å². The maximum absolute atomic E-state index is 13.8. The minimum atomic E-state index is 0.00797. The zero-order valence-corrected chi connectivity index (χ0v) is 23.5. The monoisotopic (exact) mass is 543 g/mol. The Labute approximate surface area is 240 Å². The number of carbonyl (C=O) groups excluding carboxylic acids is 1. The minimum absolute atomic E-state index is 0.00797. The van der Waals surface area contributed by atoms with Crippen LogP contribution in [0.5, 0.6) is 0 Å². The van der Waals surface area contributed by atoms with Crippen LogP contribution in [0.3, 0.4) is 0 Å². The summed E-state index contributed by atoms with van der Waals surface area (Å²) in [6.07, 6.45) is 6.40. The molecule has 0 spiro atoms. The largest absolute Gasteiger partial charge is 0.317 e. The molecule has 4 aromatic rings. The number of carbonyl (C=O) groups is 1. The van der Waals surface area contributed by atoms with E-state index in [4.69, 9.17) is 4.98 Å². The fourth-order valence-electron chi connectivity index (χ4n) is 6.32. The first-order chi connectivity index (χ1) is 20.0. The molecule has 8 heteroatoms. The lowest BCUT2D eigenvalue weighted by Gasteiger charge is -2.30. The molecule has 0 N–H and O–H groups in total. The molecule has 1 atom stereocenters. The van der Waals surface area contributed by atoms with E-state index in [0.29, 0.717) is 29.7 Å². The highest BCUT2D eigenvalue weighted by Gasteiger charge is 2.33. The Kier molecular flexibility index (Phi) is 6.40. The van der Waals surface area contributed by atoms with Crippen LogP contribution in [0.15, 0.2) is 54.9 Å². The topological polar surface area (TPSA) is 90.9 Å². The third-order valence-corrected chi connectivity index (χ3v) is 8.64. The van der Waals surface area contributed by atoms with E-state index in [2.05, 4.69) is 52.4 Å². The summed E-state index contributed by atoms with van der Waals surface area (Å²) in [5, 5.41) is 18.0. The summed E-state index contributed by atoms with van der Waals surface area (Å²) in [5.74, 6) is 2.49. The molecule has 3 aliphatic rings. The molecule has 1 saturated carbocycles. The number of hydrogen-bond acceptors (Lipinski definition) is 6. The summed E-state index contributed by atoms with van der Waals surface area (Å²) in [7, 11) is 1.89. The van der Waals surface area contributed by atoms with Gasteiger partial charge in [-0.2, -0.15) is 5.26 Å². The molecule has 1 aliphatic carbocycles. The predicted molar refractivity (Wildman–Crippen MR) is 157 cm³/mol. The highest BCUT2D eigenvalue weighted by atomic mass is 16.2. The van der Waals surface area contributed by atoms with Gasteiger partial charge in [0.25, 0.3) is 5.91 Å².